The Labute approximate surface area is 103 Å². The molecule has 0 aliphatic rings. The van der Waals surface area contributed by atoms with Crippen LogP contribution >= 0.6 is 0 Å². The molecular formula is C12H13FN4O. The molecule has 0 atom stereocenters. The number of aromatic nitrogens is 3. The fourth-order valence-electron chi connectivity index (χ4n) is 1.46. The molecule has 0 fully saturated rings. The van der Waals surface area contributed by atoms with Gasteiger partial charge in [0.25, 0.3) is 0 Å². The molecule has 0 aliphatic carbocycles. The summed E-state index contributed by atoms with van der Waals surface area (Å²) in [6, 6.07) is 6.61. The molecule has 0 spiro atoms. The normalized spacial score (nSPS) is 11.8. The van der Waals surface area contributed by atoms with Crippen LogP contribution < -0.4 is 5.73 Å². The van der Waals surface area contributed by atoms with Gasteiger partial charge in [0.15, 0.2) is 0 Å². The van der Waals surface area contributed by atoms with E-state index in [1.165, 1.54) is 4.80 Å². The number of aromatic hydroxyl groups is 1. The average molecular weight is 248 g/mol. The van der Waals surface area contributed by atoms with Crippen LogP contribution in [0.15, 0.2) is 42.4 Å². The number of hydrogen-bond acceptors (Lipinski definition) is 4. The van der Waals surface area contributed by atoms with Crippen molar-refractivity contribution in [3.05, 3.63) is 42.4 Å². The van der Waals surface area contributed by atoms with Crippen LogP contribution in [0.3, 0.4) is 0 Å². The second-order valence-corrected chi connectivity index (χ2v) is 3.78. The lowest BCUT2D eigenvalue weighted by Gasteiger charge is -2.01. The lowest BCUT2D eigenvalue weighted by molar-refractivity contribution is 0.475. The van der Waals surface area contributed by atoms with E-state index < -0.39 is 0 Å². The van der Waals surface area contributed by atoms with Gasteiger partial charge in [-0.2, -0.15) is 15.0 Å². The maximum absolute atomic E-state index is 12.4. The summed E-state index contributed by atoms with van der Waals surface area (Å²) in [7, 11) is 0. The first-order valence-corrected chi connectivity index (χ1v) is 5.40. The lowest BCUT2D eigenvalue weighted by Crippen LogP contribution is -2.12. The summed E-state index contributed by atoms with van der Waals surface area (Å²) in [6.45, 7) is 0.359. The van der Waals surface area contributed by atoms with E-state index >= 15 is 0 Å². The summed E-state index contributed by atoms with van der Waals surface area (Å²) in [5.41, 5.74) is 7.27. The van der Waals surface area contributed by atoms with Crippen LogP contribution in [-0.4, -0.2) is 26.6 Å². The molecule has 6 heteroatoms. The van der Waals surface area contributed by atoms with Crippen molar-refractivity contribution in [3.8, 4) is 17.0 Å². The molecule has 3 N–H and O–H groups in total. The molecule has 1 aromatic heterocycles. The van der Waals surface area contributed by atoms with Crippen LogP contribution in [0, 0.1) is 0 Å². The minimum atomic E-state index is 0.132. The second kappa shape index (κ2) is 5.42. The van der Waals surface area contributed by atoms with E-state index in [-0.39, 0.29) is 18.8 Å². The Morgan fingerprint density at radius 2 is 2.11 bits per heavy atom. The Bertz CT molecular complexity index is 547. The van der Waals surface area contributed by atoms with Crippen LogP contribution in [0.1, 0.15) is 0 Å². The minimum absolute atomic E-state index is 0.132. The number of halogens is 1. The first kappa shape index (κ1) is 12.3. The number of nitrogens with two attached hydrogens (primary N) is 1. The van der Waals surface area contributed by atoms with Crippen LogP contribution in [0.5, 0.6) is 5.75 Å². The highest BCUT2D eigenvalue weighted by molar-refractivity contribution is 5.58. The van der Waals surface area contributed by atoms with Gasteiger partial charge in [-0.25, -0.2) is 4.39 Å². The zero-order chi connectivity index (χ0) is 13.0. The van der Waals surface area contributed by atoms with E-state index in [0.717, 1.165) is 5.56 Å². The maximum Gasteiger partial charge on any atom is 0.115 e. The molecular weight excluding hydrogens is 235 g/mol. The van der Waals surface area contributed by atoms with Crippen LogP contribution in [0.25, 0.3) is 11.3 Å². The number of hydrogen-bond donors (Lipinski definition) is 2. The van der Waals surface area contributed by atoms with Crippen molar-refractivity contribution in [1.29, 1.82) is 0 Å². The number of rotatable bonds is 4. The van der Waals surface area contributed by atoms with Crippen molar-refractivity contribution in [2.75, 3.05) is 6.54 Å². The second-order valence-electron chi connectivity index (χ2n) is 3.78. The highest BCUT2D eigenvalue weighted by Crippen LogP contribution is 2.19. The average Bonchev–Trinajstić information content (AvgIpc) is 2.85. The van der Waals surface area contributed by atoms with Gasteiger partial charge in [-0.3, -0.25) is 0 Å². The number of phenols is 1. The Kier molecular flexibility index (Phi) is 3.69. The molecule has 0 aliphatic heterocycles. The van der Waals surface area contributed by atoms with Crippen molar-refractivity contribution in [3.63, 3.8) is 0 Å². The summed E-state index contributed by atoms with van der Waals surface area (Å²) >= 11 is 0. The van der Waals surface area contributed by atoms with Crippen molar-refractivity contribution in [2.45, 2.75) is 6.54 Å². The molecule has 5 nitrogen and oxygen atoms in total. The summed E-state index contributed by atoms with van der Waals surface area (Å²) in [5.74, 6) is 0.192. The van der Waals surface area contributed by atoms with Gasteiger partial charge in [-0.15, -0.1) is 0 Å². The number of nitrogens with zero attached hydrogens (tertiary/aromatic N) is 3. The van der Waals surface area contributed by atoms with Gasteiger partial charge in [0.05, 0.1) is 19.1 Å². The molecule has 2 aromatic rings. The third-order valence-electron chi connectivity index (χ3n) is 2.46. The van der Waals surface area contributed by atoms with Gasteiger partial charge in [0, 0.05) is 12.1 Å². The minimum Gasteiger partial charge on any atom is -0.508 e. The number of phenolic OH excluding ortho intramolecular Hbond substituents is 1. The first-order chi connectivity index (χ1) is 8.72. The summed E-state index contributed by atoms with van der Waals surface area (Å²) in [5, 5.41) is 17.4. The van der Waals surface area contributed by atoms with E-state index in [0.29, 0.717) is 17.6 Å². The Balaban J connectivity index is 2.17. The predicted molar refractivity (Wildman–Crippen MR) is 65.4 cm³/mol. The van der Waals surface area contributed by atoms with Gasteiger partial charge in [-0.1, -0.05) is 0 Å². The van der Waals surface area contributed by atoms with E-state index in [4.69, 9.17) is 5.73 Å². The molecule has 94 valence electrons. The highest BCUT2D eigenvalue weighted by Gasteiger charge is 2.05. The SMILES string of the molecule is NC/C(=C\F)Cn1ncc(-c2ccc(O)cc2)n1. The Morgan fingerprint density at radius 1 is 1.39 bits per heavy atom. The number of benzene rings is 1. The molecule has 0 radical (unpaired) electrons. The van der Waals surface area contributed by atoms with Crippen LogP contribution in [-0.2, 0) is 6.54 Å². The fourth-order valence-corrected chi connectivity index (χ4v) is 1.46. The Hall–Kier alpha value is -2.21. The van der Waals surface area contributed by atoms with E-state index in [2.05, 4.69) is 10.2 Å². The lowest BCUT2D eigenvalue weighted by atomic mass is 10.2. The van der Waals surface area contributed by atoms with Crippen LogP contribution in [0.2, 0.25) is 0 Å². The zero-order valence-electron chi connectivity index (χ0n) is 9.62. The van der Waals surface area contributed by atoms with E-state index in [1.54, 1.807) is 30.5 Å². The quantitative estimate of drug-likeness (QED) is 0.858. The summed E-state index contributed by atoms with van der Waals surface area (Å²) in [4.78, 5) is 1.38. The molecule has 1 heterocycles. The van der Waals surface area contributed by atoms with Gasteiger partial charge in [0.2, 0.25) is 0 Å². The monoisotopic (exact) mass is 248 g/mol. The molecule has 0 saturated heterocycles. The van der Waals surface area contributed by atoms with Crippen molar-refractivity contribution >= 4 is 0 Å². The van der Waals surface area contributed by atoms with Gasteiger partial charge in [0.1, 0.15) is 11.4 Å². The first-order valence-electron chi connectivity index (χ1n) is 5.40. The van der Waals surface area contributed by atoms with Gasteiger partial charge >= 0.3 is 0 Å². The summed E-state index contributed by atoms with van der Waals surface area (Å²) < 4.78 is 12.4. The molecule has 1 aromatic carbocycles. The highest BCUT2D eigenvalue weighted by atomic mass is 19.1. The largest absolute Gasteiger partial charge is 0.508 e. The predicted octanol–water partition coefficient (Wildman–Crippen LogP) is 1.46. The molecule has 0 bridgehead atoms. The molecule has 2 rings (SSSR count). The standard InChI is InChI=1S/C12H13FN4O/c13-5-9(6-14)8-17-15-7-12(16-17)10-1-3-11(18)4-2-10/h1-5,7,18H,6,8,14H2/b9-5+. The maximum atomic E-state index is 12.4. The van der Waals surface area contributed by atoms with Crippen LogP contribution in [0.4, 0.5) is 4.39 Å². The molecule has 0 saturated carbocycles. The fraction of sp³-hybridized carbons (Fsp3) is 0.167. The van der Waals surface area contributed by atoms with Crippen molar-refractivity contribution in [1.82, 2.24) is 15.0 Å². The van der Waals surface area contributed by atoms with Crippen molar-refractivity contribution in [2.24, 2.45) is 5.73 Å². The summed E-state index contributed by atoms with van der Waals surface area (Å²) in [6.07, 6.45) is 2.06. The van der Waals surface area contributed by atoms with Crippen molar-refractivity contribution < 1.29 is 9.50 Å². The molecule has 0 amide bonds. The van der Waals surface area contributed by atoms with E-state index in [1.807, 2.05) is 0 Å². The smallest absolute Gasteiger partial charge is 0.115 e. The van der Waals surface area contributed by atoms with Gasteiger partial charge in [-0.05, 0) is 29.8 Å². The third-order valence-corrected chi connectivity index (χ3v) is 2.46. The molecule has 18 heavy (non-hydrogen) atoms. The topological polar surface area (TPSA) is 77.0 Å². The van der Waals surface area contributed by atoms with Gasteiger partial charge < -0.3 is 10.8 Å². The van der Waals surface area contributed by atoms with E-state index in [9.17, 15) is 9.50 Å². The molecule has 0 unspecified atom stereocenters. The zero-order valence-corrected chi connectivity index (χ0v) is 9.62. The Morgan fingerprint density at radius 3 is 2.72 bits per heavy atom. The third kappa shape index (κ3) is 2.72.